The topological polar surface area (TPSA) is 66.8 Å². The van der Waals surface area contributed by atoms with Crippen molar-refractivity contribution in [1.29, 1.82) is 0 Å². The van der Waals surface area contributed by atoms with E-state index in [-0.39, 0.29) is 5.91 Å². The van der Waals surface area contributed by atoms with Gasteiger partial charge < -0.3 is 14.7 Å². The van der Waals surface area contributed by atoms with E-state index < -0.39 is 11.4 Å². The summed E-state index contributed by atoms with van der Waals surface area (Å²) in [7, 11) is 0. The average Bonchev–Trinajstić information content (AvgIpc) is 2.80. The maximum atomic E-state index is 11.9. The molecule has 5 heteroatoms. The first-order valence-corrected chi connectivity index (χ1v) is 6.64. The van der Waals surface area contributed by atoms with E-state index in [0.717, 1.165) is 0 Å². The molecule has 1 amide bonds. The summed E-state index contributed by atoms with van der Waals surface area (Å²) in [5.74, 6) is -0.735. The number of ether oxygens (including phenoxy) is 1. The van der Waals surface area contributed by atoms with Crippen LogP contribution in [-0.2, 0) is 14.3 Å². The quantitative estimate of drug-likeness (QED) is 0.702. The largest absolute Gasteiger partial charge is 0.481 e. The van der Waals surface area contributed by atoms with Crippen LogP contribution >= 0.6 is 0 Å². The Balaban J connectivity index is 2.41. The fourth-order valence-electron chi connectivity index (χ4n) is 2.33. The smallest absolute Gasteiger partial charge is 0.311 e. The van der Waals surface area contributed by atoms with E-state index in [4.69, 9.17) is 4.74 Å². The molecular formula is C13H23NO4. The van der Waals surface area contributed by atoms with Gasteiger partial charge in [-0.25, -0.2) is 0 Å². The molecule has 0 spiro atoms. The second kappa shape index (κ2) is 6.73. The Morgan fingerprint density at radius 1 is 1.39 bits per heavy atom. The molecule has 104 valence electrons. The van der Waals surface area contributed by atoms with E-state index in [1.165, 1.54) is 0 Å². The number of carbonyl (C=O) groups excluding carboxylic acids is 1. The van der Waals surface area contributed by atoms with Gasteiger partial charge in [0.25, 0.3) is 0 Å². The molecule has 0 aliphatic carbocycles. The highest BCUT2D eigenvalue weighted by atomic mass is 16.5. The summed E-state index contributed by atoms with van der Waals surface area (Å²) in [6.07, 6.45) is 2.29. The average molecular weight is 257 g/mol. The third-order valence-electron chi connectivity index (χ3n) is 3.72. The van der Waals surface area contributed by atoms with Crippen LogP contribution < -0.4 is 0 Å². The number of carbonyl (C=O) groups is 2. The molecule has 1 aliphatic heterocycles. The molecule has 1 atom stereocenters. The number of rotatable bonds is 7. The summed E-state index contributed by atoms with van der Waals surface area (Å²) >= 11 is 0. The molecule has 1 unspecified atom stereocenters. The molecule has 1 aliphatic rings. The van der Waals surface area contributed by atoms with E-state index in [1.807, 2.05) is 13.8 Å². The second-order valence-electron chi connectivity index (χ2n) is 4.80. The van der Waals surface area contributed by atoms with E-state index in [2.05, 4.69) is 0 Å². The molecule has 0 aromatic heterocycles. The lowest BCUT2D eigenvalue weighted by Gasteiger charge is -2.23. The molecule has 0 aromatic carbocycles. The summed E-state index contributed by atoms with van der Waals surface area (Å²) in [5, 5.41) is 9.25. The van der Waals surface area contributed by atoms with Crippen LogP contribution in [0.1, 0.15) is 39.5 Å². The first kappa shape index (κ1) is 15.0. The van der Waals surface area contributed by atoms with Crippen molar-refractivity contribution in [3.8, 4) is 0 Å². The van der Waals surface area contributed by atoms with Crippen LogP contribution in [0.25, 0.3) is 0 Å². The highest BCUT2D eigenvalue weighted by Crippen LogP contribution is 2.34. The molecule has 5 nitrogen and oxygen atoms in total. The zero-order valence-electron chi connectivity index (χ0n) is 11.3. The van der Waals surface area contributed by atoms with Crippen LogP contribution in [0.2, 0.25) is 0 Å². The lowest BCUT2D eigenvalue weighted by Crippen LogP contribution is -2.36. The molecule has 1 saturated heterocycles. The van der Waals surface area contributed by atoms with Gasteiger partial charge in [-0.1, -0.05) is 6.92 Å². The van der Waals surface area contributed by atoms with Gasteiger partial charge in [0.05, 0.1) is 5.41 Å². The maximum absolute atomic E-state index is 11.9. The number of hydrogen-bond acceptors (Lipinski definition) is 3. The zero-order valence-corrected chi connectivity index (χ0v) is 11.3. The molecule has 0 bridgehead atoms. The number of likely N-dealkylation sites (tertiary alicyclic amines) is 1. The highest BCUT2D eigenvalue weighted by molar-refractivity contribution is 5.80. The van der Waals surface area contributed by atoms with Crippen molar-refractivity contribution in [2.45, 2.75) is 39.5 Å². The fourth-order valence-corrected chi connectivity index (χ4v) is 2.33. The predicted molar refractivity (Wildman–Crippen MR) is 67.3 cm³/mol. The summed E-state index contributed by atoms with van der Waals surface area (Å²) in [6, 6.07) is 0. The summed E-state index contributed by atoms with van der Waals surface area (Å²) < 4.78 is 5.18. The van der Waals surface area contributed by atoms with E-state index >= 15 is 0 Å². The molecule has 1 fully saturated rings. The molecule has 18 heavy (non-hydrogen) atoms. The molecule has 0 saturated carbocycles. The number of amides is 1. The number of nitrogens with zero attached hydrogens (tertiary/aromatic N) is 1. The van der Waals surface area contributed by atoms with Gasteiger partial charge in [-0.3, -0.25) is 9.59 Å². The molecule has 0 radical (unpaired) electrons. The van der Waals surface area contributed by atoms with Crippen molar-refractivity contribution in [1.82, 2.24) is 4.90 Å². The second-order valence-corrected chi connectivity index (χ2v) is 4.80. The van der Waals surface area contributed by atoms with Gasteiger partial charge in [-0.05, 0) is 26.2 Å². The van der Waals surface area contributed by atoms with Crippen molar-refractivity contribution in [3.63, 3.8) is 0 Å². The molecule has 0 aromatic rings. The minimum Gasteiger partial charge on any atom is -0.481 e. The number of hydrogen-bond donors (Lipinski definition) is 1. The first-order chi connectivity index (χ1) is 8.55. The van der Waals surface area contributed by atoms with Crippen LogP contribution in [0.15, 0.2) is 0 Å². The van der Waals surface area contributed by atoms with Gasteiger partial charge in [0, 0.05) is 32.7 Å². The Morgan fingerprint density at radius 3 is 2.61 bits per heavy atom. The Labute approximate surface area is 108 Å². The summed E-state index contributed by atoms with van der Waals surface area (Å²) in [5.41, 5.74) is -0.727. The Bertz CT molecular complexity index is 305. The Morgan fingerprint density at radius 2 is 2.11 bits per heavy atom. The third kappa shape index (κ3) is 3.45. The number of carboxylic acids is 1. The lowest BCUT2D eigenvalue weighted by molar-refractivity contribution is -0.148. The molecule has 1 heterocycles. The Kier molecular flexibility index (Phi) is 5.59. The lowest BCUT2D eigenvalue weighted by atomic mass is 9.84. The van der Waals surface area contributed by atoms with E-state index in [0.29, 0.717) is 52.0 Å². The maximum Gasteiger partial charge on any atom is 0.311 e. The molecule has 1 N–H and O–H groups in total. The van der Waals surface area contributed by atoms with Crippen LogP contribution in [0.4, 0.5) is 0 Å². The molecular weight excluding hydrogens is 234 g/mol. The van der Waals surface area contributed by atoms with Crippen molar-refractivity contribution < 1.29 is 19.4 Å². The van der Waals surface area contributed by atoms with Gasteiger partial charge in [0.15, 0.2) is 0 Å². The monoisotopic (exact) mass is 257 g/mol. The van der Waals surface area contributed by atoms with Crippen LogP contribution in [0, 0.1) is 5.41 Å². The normalized spacial score (nSPS) is 23.3. The number of carboxylic acid groups (broad SMARTS) is 1. The SMILES string of the molecule is CCOCCCC(=O)N1CCC(CC)(C(=O)O)C1. The van der Waals surface area contributed by atoms with Crippen LogP contribution in [0.5, 0.6) is 0 Å². The minimum atomic E-state index is -0.783. The van der Waals surface area contributed by atoms with Gasteiger partial charge in [0.2, 0.25) is 5.91 Å². The minimum absolute atomic E-state index is 0.0475. The van der Waals surface area contributed by atoms with Crippen molar-refractivity contribution in [3.05, 3.63) is 0 Å². The van der Waals surface area contributed by atoms with Gasteiger partial charge >= 0.3 is 5.97 Å². The standard InChI is InChI=1S/C13H23NO4/c1-3-13(12(16)17)7-8-14(10-13)11(15)6-5-9-18-4-2/h3-10H2,1-2H3,(H,16,17). The fraction of sp³-hybridized carbons (Fsp3) is 0.846. The van der Waals surface area contributed by atoms with Crippen molar-refractivity contribution in [2.75, 3.05) is 26.3 Å². The predicted octanol–water partition coefficient (Wildman–Crippen LogP) is 1.52. The Hall–Kier alpha value is -1.10. The first-order valence-electron chi connectivity index (χ1n) is 6.64. The highest BCUT2D eigenvalue weighted by Gasteiger charge is 2.44. The van der Waals surface area contributed by atoms with Crippen LogP contribution in [0.3, 0.4) is 0 Å². The van der Waals surface area contributed by atoms with Gasteiger partial charge in [-0.15, -0.1) is 0 Å². The van der Waals surface area contributed by atoms with Gasteiger partial charge in [-0.2, -0.15) is 0 Å². The van der Waals surface area contributed by atoms with Gasteiger partial charge in [0.1, 0.15) is 0 Å². The third-order valence-corrected chi connectivity index (χ3v) is 3.72. The van der Waals surface area contributed by atoms with Crippen molar-refractivity contribution in [2.24, 2.45) is 5.41 Å². The van der Waals surface area contributed by atoms with E-state index in [9.17, 15) is 14.7 Å². The number of aliphatic carboxylic acids is 1. The zero-order chi connectivity index (χ0) is 13.6. The van der Waals surface area contributed by atoms with E-state index in [1.54, 1.807) is 4.90 Å². The summed E-state index contributed by atoms with van der Waals surface area (Å²) in [4.78, 5) is 24.9. The van der Waals surface area contributed by atoms with Crippen molar-refractivity contribution >= 4 is 11.9 Å². The molecule has 1 rings (SSSR count). The summed E-state index contributed by atoms with van der Waals surface area (Å²) in [6.45, 7) is 5.96. The van der Waals surface area contributed by atoms with Crippen LogP contribution in [-0.4, -0.2) is 48.2 Å².